The summed E-state index contributed by atoms with van der Waals surface area (Å²) in [5.74, 6) is 0.666. The number of methoxy groups -OCH3 is 1. The molecule has 0 bridgehead atoms. The van der Waals surface area contributed by atoms with E-state index < -0.39 is 0 Å². The number of rotatable bonds is 6. The van der Waals surface area contributed by atoms with E-state index in [0.717, 1.165) is 18.8 Å². The number of anilines is 1. The fourth-order valence-electron chi connectivity index (χ4n) is 2.98. The number of carbonyl (C=O) groups is 1. The summed E-state index contributed by atoms with van der Waals surface area (Å²) in [5.41, 5.74) is 1.16. The summed E-state index contributed by atoms with van der Waals surface area (Å²) in [6.45, 7) is 3.17. The van der Waals surface area contributed by atoms with E-state index in [1.807, 2.05) is 13.0 Å². The number of aromatic nitrogens is 3. The van der Waals surface area contributed by atoms with Crippen molar-refractivity contribution < 1.29 is 14.1 Å². The summed E-state index contributed by atoms with van der Waals surface area (Å²) >= 11 is 0. The smallest absolute Gasteiger partial charge is 0.256 e. The fourth-order valence-corrected chi connectivity index (χ4v) is 2.98. The maximum atomic E-state index is 12.3. The molecular weight excluding hydrogens is 310 g/mol. The highest BCUT2D eigenvalue weighted by Crippen LogP contribution is 2.24. The van der Waals surface area contributed by atoms with E-state index >= 15 is 0 Å². The third-order valence-electron chi connectivity index (χ3n) is 4.29. The summed E-state index contributed by atoms with van der Waals surface area (Å²) in [4.78, 5) is 22.8. The van der Waals surface area contributed by atoms with Crippen LogP contribution in [0.3, 0.4) is 0 Å². The molecule has 0 spiro atoms. The third-order valence-corrected chi connectivity index (χ3v) is 4.29. The number of carbonyl (C=O) groups excluding carboxylic acids is 1. The van der Waals surface area contributed by atoms with Crippen LogP contribution in [0.25, 0.3) is 0 Å². The average Bonchev–Trinajstić information content (AvgIpc) is 3.26. The fraction of sp³-hybridized carbons (Fsp3) is 0.500. The highest BCUT2D eigenvalue weighted by Gasteiger charge is 2.33. The normalized spacial score (nSPS) is 20.3. The Balaban J connectivity index is 1.67. The number of nitrogens with one attached hydrogen (secondary N) is 1. The van der Waals surface area contributed by atoms with Crippen LogP contribution in [0.5, 0.6) is 0 Å². The standard InChI is InChI=1S/C16H21N5O3/c1-3-14-13(9-24-20-14)16(22)18-7-11-6-12(23-2)8-21(11)15-4-5-17-10-19-15/h4-5,9-12H,3,6-8H2,1-2H3,(H,18,22)/t11-,12-/m0/s1. The molecule has 1 amide bonds. The second-order valence-corrected chi connectivity index (χ2v) is 5.71. The molecule has 2 aromatic heterocycles. The average molecular weight is 331 g/mol. The molecule has 2 atom stereocenters. The highest BCUT2D eigenvalue weighted by atomic mass is 16.5. The van der Waals surface area contributed by atoms with Crippen LogP contribution in [0.1, 0.15) is 29.4 Å². The van der Waals surface area contributed by atoms with Crippen molar-refractivity contribution in [1.82, 2.24) is 20.4 Å². The lowest BCUT2D eigenvalue weighted by Crippen LogP contribution is -2.40. The molecule has 3 rings (SSSR count). The van der Waals surface area contributed by atoms with Crippen LogP contribution >= 0.6 is 0 Å². The molecule has 1 aliphatic rings. The number of hydrogen-bond acceptors (Lipinski definition) is 7. The van der Waals surface area contributed by atoms with E-state index in [9.17, 15) is 4.79 Å². The van der Waals surface area contributed by atoms with Gasteiger partial charge in [0.1, 0.15) is 24.0 Å². The van der Waals surface area contributed by atoms with Crippen molar-refractivity contribution in [2.24, 2.45) is 0 Å². The Morgan fingerprint density at radius 1 is 1.54 bits per heavy atom. The van der Waals surface area contributed by atoms with Gasteiger partial charge in [0.25, 0.3) is 5.91 Å². The Kier molecular flexibility index (Phi) is 5.05. The van der Waals surface area contributed by atoms with Gasteiger partial charge in [-0.3, -0.25) is 4.79 Å². The zero-order chi connectivity index (χ0) is 16.9. The van der Waals surface area contributed by atoms with Gasteiger partial charge in [-0.25, -0.2) is 9.97 Å². The minimum absolute atomic E-state index is 0.110. The molecule has 1 fully saturated rings. The molecule has 0 saturated carbocycles. The molecule has 8 heteroatoms. The molecule has 1 N–H and O–H groups in total. The Morgan fingerprint density at radius 2 is 2.42 bits per heavy atom. The van der Waals surface area contributed by atoms with Gasteiger partial charge in [-0.1, -0.05) is 12.1 Å². The highest BCUT2D eigenvalue weighted by molar-refractivity contribution is 5.94. The molecule has 0 radical (unpaired) electrons. The summed E-state index contributed by atoms with van der Waals surface area (Å²) in [7, 11) is 1.70. The Morgan fingerprint density at radius 3 is 3.12 bits per heavy atom. The summed E-state index contributed by atoms with van der Waals surface area (Å²) < 4.78 is 10.4. The molecule has 1 saturated heterocycles. The van der Waals surface area contributed by atoms with Crippen LogP contribution in [0, 0.1) is 0 Å². The first-order valence-corrected chi connectivity index (χ1v) is 7.99. The molecule has 0 aliphatic carbocycles. The van der Waals surface area contributed by atoms with E-state index in [1.54, 1.807) is 13.3 Å². The van der Waals surface area contributed by atoms with Gasteiger partial charge >= 0.3 is 0 Å². The lowest BCUT2D eigenvalue weighted by atomic mass is 10.1. The van der Waals surface area contributed by atoms with E-state index in [1.165, 1.54) is 12.6 Å². The van der Waals surface area contributed by atoms with Crippen molar-refractivity contribution >= 4 is 11.7 Å². The monoisotopic (exact) mass is 331 g/mol. The zero-order valence-corrected chi connectivity index (χ0v) is 13.8. The van der Waals surface area contributed by atoms with E-state index in [4.69, 9.17) is 9.26 Å². The van der Waals surface area contributed by atoms with Crippen molar-refractivity contribution in [1.29, 1.82) is 0 Å². The topological polar surface area (TPSA) is 93.4 Å². The quantitative estimate of drug-likeness (QED) is 0.845. The SMILES string of the molecule is CCc1nocc1C(=O)NC[C@@H]1C[C@H](OC)CN1c1ccncn1. The lowest BCUT2D eigenvalue weighted by Gasteiger charge is -2.25. The van der Waals surface area contributed by atoms with E-state index in [-0.39, 0.29) is 18.1 Å². The molecule has 24 heavy (non-hydrogen) atoms. The summed E-state index contributed by atoms with van der Waals surface area (Å²) in [5, 5.41) is 6.81. The van der Waals surface area contributed by atoms with Gasteiger partial charge < -0.3 is 19.5 Å². The summed E-state index contributed by atoms with van der Waals surface area (Å²) in [6.07, 6.45) is 6.22. The van der Waals surface area contributed by atoms with Gasteiger partial charge in [0.05, 0.1) is 17.8 Å². The van der Waals surface area contributed by atoms with Gasteiger partial charge in [0.15, 0.2) is 0 Å². The minimum atomic E-state index is -0.170. The van der Waals surface area contributed by atoms with Crippen LogP contribution in [-0.2, 0) is 11.2 Å². The lowest BCUT2D eigenvalue weighted by molar-refractivity contribution is 0.0945. The number of aryl methyl sites for hydroxylation is 1. The van der Waals surface area contributed by atoms with Crippen LogP contribution in [0.4, 0.5) is 5.82 Å². The van der Waals surface area contributed by atoms with Crippen LogP contribution in [0.2, 0.25) is 0 Å². The van der Waals surface area contributed by atoms with Crippen molar-refractivity contribution in [2.75, 3.05) is 25.1 Å². The predicted molar refractivity (Wildman–Crippen MR) is 86.8 cm³/mol. The number of ether oxygens (including phenoxy) is 1. The van der Waals surface area contributed by atoms with E-state index in [2.05, 4.69) is 25.3 Å². The second kappa shape index (κ2) is 7.39. The van der Waals surface area contributed by atoms with Gasteiger partial charge in [-0.15, -0.1) is 0 Å². The maximum Gasteiger partial charge on any atom is 0.256 e. The van der Waals surface area contributed by atoms with Crippen molar-refractivity contribution in [3.8, 4) is 0 Å². The van der Waals surface area contributed by atoms with Crippen LogP contribution in [-0.4, -0.2) is 53.4 Å². The Bertz CT molecular complexity index is 675. The minimum Gasteiger partial charge on any atom is -0.380 e. The first-order valence-electron chi connectivity index (χ1n) is 7.99. The molecular formula is C16H21N5O3. The Labute approximate surface area is 140 Å². The summed E-state index contributed by atoms with van der Waals surface area (Å²) in [6, 6.07) is 1.97. The second-order valence-electron chi connectivity index (χ2n) is 5.71. The van der Waals surface area contributed by atoms with E-state index in [0.29, 0.717) is 24.2 Å². The molecule has 0 unspecified atom stereocenters. The number of nitrogens with zero attached hydrogens (tertiary/aromatic N) is 4. The third kappa shape index (κ3) is 3.38. The zero-order valence-electron chi connectivity index (χ0n) is 13.8. The van der Waals surface area contributed by atoms with Gasteiger partial charge in [0.2, 0.25) is 0 Å². The van der Waals surface area contributed by atoms with Crippen molar-refractivity contribution in [3.05, 3.63) is 36.1 Å². The maximum absolute atomic E-state index is 12.3. The Hall–Kier alpha value is -2.48. The first kappa shape index (κ1) is 16.4. The molecule has 3 heterocycles. The predicted octanol–water partition coefficient (Wildman–Crippen LogP) is 1.05. The van der Waals surface area contributed by atoms with Crippen molar-refractivity contribution in [2.45, 2.75) is 31.9 Å². The molecule has 8 nitrogen and oxygen atoms in total. The van der Waals surface area contributed by atoms with Crippen molar-refractivity contribution in [3.63, 3.8) is 0 Å². The first-order chi connectivity index (χ1) is 11.7. The number of amides is 1. The molecule has 128 valence electrons. The van der Waals surface area contributed by atoms with Crippen LogP contribution in [0.15, 0.2) is 29.4 Å². The van der Waals surface area contributed by atoms with Crippen LogP contribution < -0.4 is 10.2 Å². The molecule has 1 aliphatic heterocycles. The van der Waals surface area contributed by atoms with Gasteiger partial charge in [-0.2, -0.15) is 0 Å². The largest absolute Gasteiger partial charge is 0.380 e. The molecule has 2 aromatic rings. The molecule has 0 aromatic carbocycles. The number of hydrogen-bond donors (Lipinski definition) is 1. The van der Waals surface area contributed by atoms with Gasteiger partial charge in [0, 0.05) is 26.4 Å². The van der Waals surface area contributed by atoms with Gasteiger partial charge in [-0.05, 0) is 18.9 Å².